The van der Waals surface area contributed by atoms with Gasteiger partial charge in [0.1, 0.15) is 5.69 Å². The minimum atomic E-state index is -0.127. The number of hydrogen-bond donors (Lipinski definition) is 2. The monoisotopic (exact) mass is 565 g/mol. The van der Waals surface area contributed by atoms with Gasteiger partial charge in [0.25, 0.3) is 0 Å². The molecule has 3 N–H and O–H groups in total. The van der Waals surface area contributed by atoms with E-state index in [1.807, 2.05) is 60.7 Å². The number of anilines is 2. The van der Waals surface area contributed by atoms with E-state index in [9.17, 15) is 4.79 Å². The van der Waals surface area contributed by atoms with Crippen LogP contribution in [0.5, 0.6) is 0 Å². The number of nitrogens with one attached hydrogen (secondary N) is 1. The minimum absolute atomic E-state index is 0.0965. The fourth-order valence-corrected chi connectivity index (χ4v) is 5.99. The molecule has 8 nitrogen and oxygen atoms in total. The number of carbonyl (C=O) groups is 1. The first-order valence-corrected chi connectivity index (χ1v) is 13.6. The molecule has 6 rings (SSSR count). The van der Waals surface area contributed by atoms with Gasteiger partial charge in [0, 0.05) is 25.4 Å². The Balaban J connectivity index is 1.23. The van der Waals surface area contributed by atoms with Gasteiger partial charge in [-0.25, -0.2) is 4.68 Å². The number of H-pyrrole nitrogens is 1. The van der Waals surface area contributed by atoms with Crippen LogP contribution in [-0.2, 0) is 4.79 Å². The first-order chi connectivity index (χ1) is 18.0. The Bertz CT molecular complexity index is 1630. The number of amides is 1. The molecular formula is C25H17Cl2N7OS2. The molecule has 0 radical (unpaired) electrons. The van der Waals surface area contributed by atoms with Crippen molar-refractivity contribution >= 4 is 64.0 Å². The lowest BCUT2D eigenvalue weighted by Gasteiger charge is -2.31. The van der Waals surface area contributed by atoms with Crippen LogP contribution in [0.25, 0.3) is 22.8 Å². The molecule has 0 spiro atoms. The number of aromatic amines is 1. The van der Waals surface area contributed by atoms with Crippen molar-refractivity contribution in [1.29, 1.82) is 0 Å². The number of fused-ring (bicyclic) bond motifs is 2. The molecule has 5 aromatic rings. The predicted molar refractivity (Wildman–Crippen MR) is 148 cm³/mol. The Kier molecular flexibility index (Phi) is 6.33. The number of hydrogen-bond acceptors (Lipinski definition) is 7. The third kappa shape index (κ3) is 4.57. The van der Waals surface area contributed by atoms with Crippen LogP contribution >= 0.6 is 46.7 Å². The maximum Gasteiger partial charge on any atom is 0.242 e. The normalized spacial score (nSPS) is 12.3. The van der Waals surface area contributed by atoms with Crippen molar-refractivity contribution in [2.45, 2.75) is 14.9 Å². The number of nitrogens with two attached hydrogens (primary N) is 1. The van der Waals surface area contributed by atoms with Gasteiger partial charge in [0.2, 0.25) is 16.9 Å². The number of nitrogen functional groups attached to an aromatic ring is 1. The van der Waals surface area contributed by atoms with E-state index in [0.29, 0.717) is 26.7 Å². The number of thioether (sulfide) groups is 1. The lowest BCUT2D eigenvalue weighted by Crippen LogP contribution is -2.30. The van der Waals surface area contributed by atoms with Crippen LogP contribution in [0.2, 0.25) is 10.0 Å². The van der Waals surface area contributed by atoms with E-state index >= 15 is 0 Å². The fourth-order valence-electron chi connectivity index (χ4n) is 3.95. The summed E-state index contributed by atoms with van der Waals surface area (Å²) < 4.78 is 1.35. The maximum absolute atomic E-state index is 13.5. The molecule has 0 atom stereocenters. The van der Waals surface area contributed by atoms with E-state index in [2.05, 4.69) is 20.4 Å². The molecule has 12 heteroatoms. The Hall–Kier alpha value is -3.44. The van der Waals surface area contributed by atoms with Crippen LogP contribution in [0.4, 0.5) is 11.4 Å². The van der Waals surface area contributed by atoms with E-state index < -0.39 is 0 Å². The van der Waals surface area contributed by atoms with Crippen LogP contribution < -0.4 is 10.7 Å². The standard InChI is InChI=1S/C25H17Cl2N7OS2/c26-15-7-5-14(6-8-15)17-12-18(30-29-17)24-31-32-25(34(24)28)36-13-23(35)33-19-3-1-2-4-21(19)37-22-10-9-16(27)11-20(22)33/h1-12H,13,28H2,(H,29,30). The molecule has 0 bridgehead atoms. The molecule has 1 amide bonds. The molecule has 37 heavy (non-hydrogen) atoms. The third-order valence-electron chi connectivity index (χ3n) is 5.69. The van der Waals surface area contributed by atoms with Crippen LogP contribution in [0.3, 0.4) is 0 Å². The zero-order chi connectivity index (χ0) is 25.5. The molecule has 184 valence electrons. The van der Waals surface area contributed by atoms with E-state index in [-0.39, 0.29) is 11.7 Å². The smallest absolute Gasteiger partial charge is 0.242 e. The van der Waals surface area contributed by atoms with Crippen molar-refractivity contribution in [3.05, 3.63) is 82.8 Å². The van der Waals surface area contributed by atoms with Gasteiger partial charge in [-0.1, -0.05) is 71.0 Å². The second-order valence-electron chi connectivity index (χ2n) is 8.05. The van der Waals surface area contributed by atoms with Gasteiger partial charge in [-0.2, -0.15) is 5.10 Å². The first kappa shape index (κ1) is 23.9. The lowest BCUT2D eigenvalue weighted by atomic mass is 10.1. The number of aromatic nitrogens is 5. The summed E-state index contributed by atoms with van der Waals surface area (Å²) in [5.41, 5.74) is 3.79. The van der Waals surface area contributed by atoms with Gasteiger partial charge < -0.3 is 5.84 Å². The van der Waals surface area contributed by atoms with Gasteiger partial charge in [0.05, 0.1) is 22.8 Å². The molecule has 1 aliphatic rings. The highest BCUT2D eigenvalue weighted by atomic mass is 35.5. The Morgan fingerprint density at radius 3 is 2.54 bits per heavy atom. The highest BCUT2D eigenvalue weighted by Crippen LogP contribution is 2.49. The van der Waals surface area contributed by atoms with Gasteiger partial charge in [-0.3, -0.25) is 14.8 Å². The summed E-state index contributed by atoms with van der Waals surface area (Å²) in [4.78, 5) is 17.2. The maximum atomic E-state index is 13.5. The van der Waals surface area contributed by atoms with Crippen LogP contribution in [0.1, 0.15) is 0 Å². The Morgan fingerprint density at radius 2 is 1.70 bits per heavy atom. The van der Waals surface area contributed by atoms with Crippen molar-refractivity contribution in [2.75, 3.05) is 16.5 Å². The summed E-state index contributed by atoms with van der Waals surface area (Å²) in [6.45, 7) is 0. The predicted octanol–water partition coefficient (Wildman–Crippen LogP) is 6.28. The molecule has 0 unspecified atom stereocenters. The summed E-state index contributed by atoms with van der Waals surface area (Å²) in [5.74, 6) is 6.67. The van der Waals surface area contributed by atoms with Gasteiger partial charge in [-0.05, 0) is 48.5 Å². The largest absolute Gasteiger partial charge is 0.335 e. The van der Waals surface area contributed by atoms with Gasteiger partial charge in [-0.15, -0.1) is 10.2 Å². The van der Waals surface area contributed by atoms with Crippen molar-refractivity contribution in [3.63, 3.8) is 0 Å². The highest BCUT2D eigenvalue weighted by Gasteiger charge is 2.29. The number of carbonyl (C=O) groups excluding carboxylic acids is 1. The van der Waals surface area contributed by atoms with Crippen molar-refractivity contribution in [1.82, 2.24) is 25.1 Å². The molecular weight excluding hydrogens is 549 g/mol. The van der Waals surface area contributed by atoms with Crippen LogP contribution in [-0.4, -0.2) is 36.7 Å². The topological polar surface area (TPSA) is 106 Å². The fraction of sp³-hybridized carbons (Fsp3) is 0.0400. The van der Waals surface area contributed by atoms with Crippen molar-refractivity contribution < 1.29 is 4.79 Å². The number of benzene rings is 3. The lowest BCUT2D eigenvalue weighted by molar-refractivity contribution is -0.115. The minimum Gasteiger partial charge on any atom is -0.335 e. The molecule has 3 aromatic carbocycles. The van der Waals surface area contributed by atoms with E-state index in [0.717, 1.165) is 32.4 Å². The second kappa shape index (κ2) is 9.79. The van der Waals surface area contributed by atoms with E-state index in [1.54, 1.807) is 28.8 Å². The molecule has 0 saturated heterocycles. The zero-order valence-electron chi connectivity index (χ0n) is 18.9. The number of halogens is 2. The Morgan fingerprint density at radius 1 is 0.946 bits per heavy atom. The van der Waals surface area contributed by atoms with Crippen LogP contribution in [0.15, 0.2) is 87.7 Å². The SMILES string of the molecule is Nn1c(SCC(=O)N2c3ccccc3Sc3ccc(Cl)cc32)nnc1-c1cc(-c2ccc(Cl)cc2)n[nH]1. The molecule has 0 fully saturated rings. The molecule has 1 aliphatic heterocycles. The molecule has 2 aromatic heterocycles. The van der Waals surface area contributed by atoms with Crippen molar-refractivity contribution in [2.24, 2.45) is 0 Å². The molecule has 0 aliphatic carbocycles. The van der Waals surface area contributed by atoms with Crippen LogP contribution in [0, 0.1) is 0 Å². The van der Waals surface area contributed by atoms with Crippen molar-refractivity contribution in [3.8, 4) is 22.8 Å². The summed E-state index contributed by atoms with van der Waals surface area (Å²) in [7, 11) is 0. The summed E-state index contributed by atoms with van der Waals surface area (Å²) >= 11 is 15.1. The van der Waals surface area contributed by atoms with Gasteiger partial charge in [0.15, 0.2) is 0 Å². The summed E-state index contributed by atoms with van der Waals surface area (Å²) in [6, 6.07) is 22.5. The average Bonchev–Trinajstić information content (AvgIpc) is 3.53. The number of para-hydroxylation sites is 1. The average molecular weight is 566 g/mol. The highest BCUT2D eigenvalue weighted by molar-refractivity contribution is 8.00. The van der Waals surface area contributed by atoms with E-state index in [1.165, 1.54) is 16.4 Å². The molecule has 0 saturated carbocycles. The number of nitrogens with zero attached hydrogens (tertiary/aromatic N) is 5. The quantitative estimate of drug-likeness (QED) is 0.191. The second-order valence-corrected chi connectivity index (χ2v) is 10.9. The molecule has 3 heterocycles. The third-order valence-corrected chi connectivity index (χ3v) is 8.23. The van der Waals surface area contributed by atoms with Gasteiger partial charge >= 0.3 is 0 Å². The van der Waals surface area contributed by atoms with E-state index in [4.69, 9.17) is 29.0 Å². The first-order valence-electron chi connectivity index (χ1n) is 11.0. The zero-order valence-corrected chi connectivity index (χ0v) is 22.1. The summed E-state index contributed by atoms with van der Waals surface area (Å²) in [5, 5.41) is 17.3. The number of rotatable bonds is 5. The summed E-state index contributed by atoms with van der Waals surface area (Å²) in [6.07, 6.45) is 0. The Labute approximate surface area is 230 Å².